The number of nitrogen functional groups attached to an aromatic ring is 1. The Balaban J connectivity index is 3.17. The standard InChI is InChI=1S/C4H4ClN3S/c5-4-7-1-2(6)3(9)8-4/h1H,6H2,(H,7,8,9)/p-1. The van der Waals surface area contributed by atoms with Crippen LogP contribution >= 0.6 is 11.6 Å². The van der Waals surface area contributed by atoms with Gasteiger partial charge >= 0.3 is 0 Å². The van der Waals surface area contributed by atoms with Crippen molar-refractivity contribution in [3.8, 4) is 0 Å². The number of aromatic nitrogens is 2. The van der Waals surface area contributed by atoms with Crippen molar-refractivity contribution in [3.05, 3.63) is 11.5 Å². The number of nitrogens with two attached hydrogens (primary N) is 1. The van der Waals surface area contributed by atoms with Gasteiger partial charge in [0.05, 0.1) is 6.20 Å². The largest absolute Gasteiger partial charge is 0.758 e. The van der Waals surface area contributed by atoms with E-state index in [1.54, 1.807) is 0 Å². The average Bonchev–Trinajstić information content (AvgIpc) is 1.80. The molecule has 1 rings (SSSR count). The minimum Gasteiger partial charge on any atom is -0.758 e. The van der Waals surface area contributed by atoms with Crippen molar-refractivity contribution < 1.29 is 0 Å². The monoisotopic (exact) mass is 160 g/mol. The summed E-state index contributed by atoms with van der Waals surface area (Å²) < 4.78 is 0. The summed E-state index contributed by atoms with van der Waals surface area (Å²) in [7, 11) is 0. The van der Waals surface area contributed by atoms with Crippen molar-refractivity contribution in [2.45, 2.75) is 5.03 Å². The van der Waals surface area contributed by atoms with Crippen LogP contribution in [-0.4, -0.2) is 9.97 Å². The molecular formula is C4H3ClN3S-. The maximum absolute atomic E-state index is 5.37. The number of nitrogens with zero attached hydrogens (tertiary/aromatic N) is 2. The van der Waals surface area contributed by atoms with Gasteiger partial charge in [0.1, 0.15) is 0 Å². The van der Waals surface area contributed by atoms with Crippen LogP contribution in [0.2, 0.25) is 5.28 Å². The third kappa shape index (κ3) is 1.40. The zero-order chi connectivity index (χ0) is 6.85. The van der Waals surface area contributed by atoms with E-state index < -0.39 is 0 Å². The van der Waals surface area contributed by atoms with Gasteiger partial charge in [0.2, 0.25) is 5.28 Å². The maximum atomic E-state index is 5.37. The van der Waals surface area contributed by atoms with Crippen molar-refractivity contribution in [1.29, 1.82) is 0 Å². The van der Waals surface area contributed by atoms with Crippen LogP contribution in [0, 0.1) is 0 Å². The van der Waals surface area contributed by atoms with Crippen LogP contribution in [0.3, 0.4) is 0 Å². The highest BCUT2D eigenvalue weighted by Crippen LogP contribution is 2.07. The number of rotatable bonds is 0. The third-order valence-electron chi connectivity index (χ3n) is 0.751. The Kier molecular flexibility index (Phi) is 1.68. The quantitative estimate of drug-likeness (QED) is 0.344. The molecular weight excluding hydrogens is 158 g/mol. The van der Waals surface area contributed by atoms with Gasteiger partial charge in [-0.05, 0) is 11.6 Å². The Morgan fingerprint density at radius 1 is 1.67 bits per heavy atom. The molecule has 0 bridgehead atoms. The summed E-state index contributed by atoms with van der Waals surface area (Å²) in [5.41, 5.74) is 5.68. The van der Waals surface area contributed by atoms with E-state index >= 15 is 0 Å². The van der Waals surface area contributed by atoms with Gasteiger partial charge in [-0.1, -0.05) is 5.03 Å². The minimum atomic E-state index is 0.134. The Hall–Kier alpha value is -0.610. The molecule has 3 nitrogen and oxygen atoms in total. The first-order chi connectivity index (χ1) is 4.20. The van der Waals surface area contributed by atoms with Crippen molar-refractivity contribution in [2.24, 2.45) is 0 Å². The van der Waals surface area contributed by atoms with Crippen LogP contribution in [0.25, 0.3) is 0 Å². The van der Waals surface area contributed by atoms with E-state index in [9.17, 15) is 0 Å². The second-order valence-electron chi connectivity index (χ2n) is 1.40. The van der Waals surface area contributed by atoms with E-state index in [4.69, 9.17) is 17.3 Å². The molecule has 0 aromatic carbocycles. The molecule has 0 aliphatic heterocycles. The van der Waals surface area contributed by atoms with Crippen molar-refractivity contribution in [1.82, 2.24) is 9.97 Å². The van der Waals surface area contributed by atoms with Gasteiger partial charge in [-0.2, -0.15) is 0 Å². The molecule has 0 unspecified atom stereocenters. The predicted octanol–water partition coefficient (Wildman–Crippen LogP) is 0.618. The Labute approximate surface area is 62.7 Å². The van der Waals surface area contributed by atoms with Crippen LogP contribution in [0.5, 0.6) is 0 Å². The fraction of sp³-hybridized carbons (Fsp3) is 0. The van der Waals surface area contributed by atoms with E-state index in [0.29, 0.717) is 10.7 Å². The molecule has 0 amide bonds. The number of hydrogen-bond donors (Lipinski definition) is 1. The molecule has 1 aromatic heterocycles. The molecule has 0 aliphatic carbocycles. The SMILES string of the molecule is Nc1cnc(Cl)nc1[S-]. The number of halogens is 1. The molecule has 5 heteroatoms. The van der Waals surface area contributed by atoms with E-state index in [0.717, 1.165) is 0 Å². The minimum absolute atomic E-state index is 0.134. The van der Waals surface area contributed by atoms with Gasteiger partial charge in [-0.15, -0.1) is 0 Å². The van der Waals surface area contributed by atoms with Crippen molar-refractivity contribution >= 4 is 29.9 Å². The summed E-state index contributed by atoms with van der Waals surface area (Å²) in [5.74, 6) is 0. The fourth-order valence-corrected chi connectivity index (χ4v) is 0.678. The maximum Gasteiger partial charge on any atom is 0.220 e. The average molecular weight is 161 g/mol. The second-order valence-corrected chi connectivity index (χ2v) is 2.12. The lowest BCUT2D eigenvalue weighted by atomic mass is 10.6. The first kappa shape index (κ1) is 6.51. The zero-order valence-corrected chi connectivity index (χ0v) is 5.91. The zero-order valence-electron chi connectivity index (χ0n) is 4.34. The normalized spacial score (nSPS) is 9.44. The highest BCUT2D eigenvalue weighted by atomic mass is 35.5. The lowest BCUT2D eigenvalue weighted by molar-refractivity contribution is 1.06. The number of anilines is 1. The van der Waals surface area contributed by atoms with Crippen LogP contribution in [0.4, 0.5) is 5.69 Å². The molecule has 9 heavy (non-hydrogen) atoms. The highest BCUT2D eigenvalue weighted by Gasteiger charge is 1.88. The van der Waals surface area contributed by atoms with Crippen LogP contribution in [0.15, 0.2) is 11.2 Å². The van der Waals surface area contributed by atoms with Crippen LogP contribution in [-0.2, 0) is 12.6 Å². The third-order valence-corrected chi connectivity index (χ3v) is 1.26. The van der Waals surface area contributed by atoms with Crippen molar-refractivity contribution in [2.75, 3.05) is 5.73 Å². The van der Waals surface area contributed by atoms with E-state index in [1.807, 2.05) is 0 Å². The molecule has 1 aromatic rings. The summed E-state index contributed by atoms with van der Waals surface area (Å²) in [4.78, 5) is 7.22. The van der Waals surface area contributed by atoms with Gasteiger partial charge in [0.25, 0.3) is 0 Å². The first-order valence-corrected chi connectivity index (χ1v) is 2.94. The molecule has 0 fully saturated rings. The molecule has 0 spiro atoms. The Morgan fingerprint density at radius 3 is 2.78 bits per heavy atom. The molecule has 0 aliphatic rings. The summed E-state index contributed by atoms with van der Waals surface area (Å²) in [6, 6.07) is 0. The van der Waals surface area contributed by atoms with Gasteiger partial charge in [0, 0.05) is 5.69 Å². The second kappa shape index (κ2) is 2.33. The molecule has 0 saturated heterocycles. The lowest BCUT2D eigenvalue weighted by Crippen LogP contribution is -1.93. The molecule has 0 radical (unpaired) electrons. The fourth-order valence-electron chi connectivity index (χ4n) is 0.355. The number of hydrogen-bond acceptors (Lipinski definition) is 4. The van der Waals surface area contributed by atoms with E-state index in [1.165, 1.54) is 6.20 Å². The molecule has 2 N–H and O–H groups in total. The Morgan fingerprint density at radius 2 is 2.33 bits per heavy atom. The smallest absolute Gasteiger partial charge is 0.220 e. The predicted molar refractivity (Wildman–Crippen MR) is 37.1 cm³/mol. The summed E-state index contributed by atoms with van der Waals surface area (Å²) in [6.45, 7) is 0. The van der Waals surface area contributed by atoms with E-state index in [-0.39, 0.29) is 5.28 Å². The van der Waals surface area contributed by atoms with Crippen molar-refractivity contribution in [3.63, 3.8) is 0 Å². The Bertz CT molecular complexity index is 227. The van der Waals surface area contributed by atoms with Crippen LogP contribution < -0.4 is 5.73 Å². The molecule has 1 heterocycles. The lowest BCUT2D eigenvalue weighted by Gasteiger charge is -2.05. The first-order valence-electron chi connectivity index (χ1n) is 2.15. The van der Waals surface area contributed by atoms with E-state index in [2.05, 4.69) is 22.6 Å². The van der Waals surface area contributed by atoms with Gasteiger partial charge in [-0.25, -0.2) is 9.97 Å². The van der Waals surface area contributed by atoms with Gasteiger partial charge in [-0.3, -0.25) is 0 Å². The summed E-state index contributed by atoms with van der Waals surface area (Å²) >= 11 is 10.1. The van der Waals surface area contributed by atoms with Gasteiger partial charge in [0.15, 0.2) is 0 Å². The molecule has 48 valence electrons. The topological polar surface area (TPSA) is 51.8 Å². The summed E-state index contributed by atoms with van der Waals surface area (Å²) in [6.07, 6.45) is 1.39. The molecule has 0 atom stereocenters. The van der Waals surface area contributed by atoms with Crippen LogP contribution in [0.1, 0.15) is 0 Å². The van der Waals surface area contributed by atoms with Gasteiger partial charge < -0.3 is 18.4 Å². The summed E-state index contributed by atoms with van der Waals surface area (Å²) in [5, 5.41) is 0.434. The highest BCUT2D eigenvalue weighted by molar-refractivity contribution is 7.58. The molecule has 0 saturated carbocycles.